The van der Waals surface area contributed by atoms with Gasteiger partial charge in [-0.05, 0) is 47.9 Å². The summed E-state index contributed by atoms with van der Waals surface area (Å²) in [7, 11) is 3.31. The smallest absolute Gasteiger partial charge is 0.223 e. The van der Waals surface area contributed by atoms with E-state index in [4.69, 9.17) is 4.74 Å². The van der Waals surface area contributed by atoms with E-state index in [9.17, 15) is 14.8 Å². The van der Waals surface area contributed by atoms with E-state index in [1.165, 1.54) is 19.2 Å². The van der Waals surface area contributed by atoms with Crippen LogP contribution in [0, 0.1) is 24.1 Å². The number of pyridine rings is 1. The van der Waals surface area contributed by atoms with Crippen molar-refractivity contribution in [1.29, 1.82) is 5.26 Å². The maximum Gasteiger partial charge on any atom is 0.223 e. The molecule has 0 aliphatic carbocycles. The van der Waals surface area contributed by atoms with E-state index in [0.717, 1.165) is 11.1 Å². The number of fused-ring (bicyclic) bond motifs is 1. The molecular formula is C29H23FN4O2. The highest BCUT2D eigenvalue weighted by Gasteiger charge is 2.37. The quantitative estimate of drug-likeness (QED) is 0.373. The number of hydrogen-bond donors (Lipinski definition) is 1. The van der Waals surface area contributed by atoms with Gasteiger partial charge < -0.3 is 14.4 Å². The summed E-state index contributed by atoms with van der Waals surface area (Å²) in [5.41, 5.74) is 3.15. The summed E-state index contributed by atoms with van der Waals surface area (Å²) in [6, 6.07) is 21.1. The number of imidazole rings is 1. The van der Waals surface area contributed by atoms with Crippen molar-refractivity contribution in [3.63, 3.8) is 0 Å². The summed E-state index contributed by atoms with van der Waals surface area (Å²) in [6.07, 6.45) is 3.16. The molecule has 6 nitrogen and oxygen atoms in total. The summed E-state index contributed by atoms with van der Waals surface area (Å²) in [4.78, 5) is 8.86. The molecular weight excluding hydrogens is 455 g/mol. The lowest BCUT2D eigenvalue weighted by Gasteiger charge is -2.30. The molecule has 3 aromatic carbocycles. The van der Waals surface area contributed by atoms with E-state index < -0.39 is 11.4 Å². The first kappa shape index (κ1) is 23.2. The van der Waals surface area contributed by atoms with Crippen LogP contribution in [0.3, 0.4) is 0 Å². The van der Waals surface area contributed by atoms with Gasteiger partial charge >= 0.3 is 0 Å². The molecule has 0 spiro atoms. The largest absolute Gasteiger partial charge is 0.480 e. The minimum Gasteiger partial charge on any atom is -0.480 e. The second-order valence-electron chi connectivity index (χ2n) is 8.69. The molecule has 1 N–H and O–H groups in total. The third-order valence-corrected chi connectivity index (χ3v) is 6.43. The molecule has 0 aliphatic heterocycles. The molecule has 2 aromatic heterocycles. The number of ether oxygens (including phenoxy) is 1. The number of nitriles is 1. The maximum absolute atomic E-state index is 13.8. The molecule has 0 saturated heterocycles. The lowest BCUT2D eigenvalue weighted by molar-refractivity contribution is 0.117. The molecule has 0 radical (unpaired) electrons. The molecule has 0 amide bonds. The summed E-state index contributed by atoms with van der Waals surface area (Å²) in [6.45, 7) is 1.98. The van der Waals surface area contributed by atoms with Gasteiger partial charge in [-0.3, -0.25) is 0 Å². The Kier molecular flexibility index (Phi) is 5.75. The van der Waals surface area contributed by atoms with Crippen molar-refractivity contribution in [3.8, 4) is 23.1 Å². The fraction of sp³-hybridized carbons (Fsp3) is 0.138. The lowest BCUT2D eigenvalue weighted by atomic mass is 9.82. The minimum absolute atomic E-state index is 0.345. The van der Waals surface area contributed by atoms with E-state index in [2.05, 4.69) is 16.0 Å². The number of aliphatic hydroxyl groups is 1. The Balaban J connectivity index is 1.83. The van der Waals surface area contributed by atoms with Gasteiger partial charge in [-0.15, -0.1) is 0 Å². The average Bonchev–Trinajstić information content (AvgIpc) is 3.33. The van der Waals surface area contributed by atoms with Gasteiger partial charge in [-0.1, -0.05) is 48.0 Å². The van der Waals surface area contributed by atoms with Gasteiger partial charge in [0.25, 0.3) is 0 Å². The highest BCUT2D eigenvalue weighted by Crippen LogP contribution is 2.41. The van der Waals surface area contributed by atoms with Crippen LogP contribution < -0.4 is 4.74 Å². The number of aromatic nitrogens is 3. The first-order valence-corrected chi connectivity index (χ1v) is 11.3. The maximum atomic E-state index is 13.8. The molecule has 0 bridgehead atoms. The molecule has 7 heteroatoms. The molecule has 0 aliphatic rings. The van der Waals surface area contributed by atoms with Gasteiger partial charge in [0, 0.05) is 12.4 Å². The number of halogens is 1. The SMILES string of the molecule is COc1nc2ccc(C(O)(c3ccc(F)cc3)c3cncn3C)cc2c(C#N)c1-c1cccc(C)c1. The topological polar surface area (TPSA) is 84.0 Å². The summed E-state index contributed by atoms with van der Waals surface area (Å²) >= 11 is 0. The third-order valence-electron chi connectivity index (χ3n) is 6.43. The summed E-state index contributed by atoms with van der Waals surface area (Å²) in [5.74, 6) is -0.0618. The molecule has 1 atom stereocenters. The normalized spacial score (nSPS) is 12.8. The van der Waals surface area contributed by atoms with E-state index in [1.807, 2.05) is 31.2 Å². The van der Waals surface area contributed by atoms with Crippen LogP contribution in [-0.4, -0.2) is 26.8 Å². The van der Waals surface area contributed by atoms with Crippen LogP contribution in [-0.2, 0) is 12.6 Å². The number of hydrogen-bond acceptors (Lipinski definition) is 5. The predicted octanol–water partition coefficient (Wildman–Crippen LogP) is 5.25. The van der Waals surface area contributed by atoms with Crippen LogP contribution in [0.5, 0.6) is 5.88 Å². The minimum atomic E-state index is -1.66. The zero-order valence-electron chi connectivity index (χ0n) is 20.0. The standard InChI is InChI=1S/C29H23FN4O2/c1-18-5-4-6-19(13-18)27-24(15-31)23-14-21(9-12-25(23)33-28(27)36-3)29(35,26-16-32-17-34(26)2)20-7-10-22(30)11-8-20/h4-14,16-17,35H,1-3H3. The second-order valence-corrected chi connectivity index (χ2v) is 8.69. The summed E-state index contributed by atoms with van der Waals surface area (Å²) in [5, 5.41) is 23.1. The highest BCUT2D eigenvalue weighted by atomic mass is 19.1. The zero-order chi connectivity index (χ0) is 25.4. The van der Waals surface area contributed by atoms with Crippen molar-refractivity contribution >= 4 is 10.9 Å². The monoisotopic (exact) mass is 478 g/mol. The van der Waals surface area contributed by atoms with Gasteiger partial charge in [0.1, 0.15) is 11.9 Å². The number of benzene rings is 3. The number of aryl methyl sites for hydroxylation is 2. The van der Waals surface area contributed by atoms with E-state index in [0.29, 0.717) is 44.7 Å². The van der Waals surface area contributed by atoms with Crippen molar-refractivity contribution in [1.82, 2.24) is 14.5 Å². The molecule has 36 heavy (non-hydrogen) atoms. The van der Waals surface area contributed by atoms with Crippen molar-refractivity contribution in [2.75, 3.05) is 7.11 Å². The van der Waals surface area contributed by atoms with Gasteiger partial charge in [-0.25, -0.2) is 14.4 Å². The van der Waals surface area contributed by atoms with Gasteiger partial charge in [0.05, 0.1) is 42.0 Å². The Morgan fingerprint density at radius 3 is 2.44 bits per heavy atom. The molecule has 2 heterocycles. The van der Waals surface area contributed by atoms with Crippen LogP contribution in [0.2, 0.25) is 0 Å². The second kappa shape index (κ2) is 8.91. The summed E-state index contributed by atoms with van der Waals surface area (Å²) < 4.78 is 21.1. The van der Waals surface area contributed by atoms with Crippen molar-refractivity contribution in [3.05, 3.63) is 113 Å². The first-order chi connectivity index (χ1) is 17.4. The average molecular weight is 479 g/mol. The Hall–Kier alpha value is -4.54. The van der Waals surface area contributed by atoms with Gasteiger partial charge in [-0.2, -0.15) is 5.26 Å². The van der Waals surface area contributed by atoms with Crippen LogP contribution >= 0.6 is 0 Å². The Labute approximate surface area is 207 Å². The van der Waals surface area contributed by atoms with Crippen molar-refractivity contribution < 1.29 is 14.2 Å². The van der Waals surface area contributed by atoms with Crippen LogP contribution in [0.1, 0.15) is 27.9 Å². The number of rotatable bonds is 5. The van der Waals surface area contributed by atoms with Crippen LogP contribution in [0.4, 0.5) is 4.39 Å². The number of nitrogens with zero attached hydrogens (tertiary/aromatic N) is 4. The molecule has 178 valence electrons. The molecule has 1 unspecified atom stereocenters. The molecule has 0 saturated carbocycles. The van der Waals surface area contributed by atoms with Crippen molar-refractivity contribution in [2.24, 2.45) is 7.05 Å². The van der Waals surface area contributed by atoms with E-state index in [1.54, 1.807) is 54.5 Å². The Morgan fingerprint density at radius 1 is 1.06 bits per heavy atom. The van der Waals surface area contributed by atoms with Crippen LogP contribution in [0.15, 0.2) is 79.3 Å². The number of methoxy groups -OCH3 is 1. The highest BCUT2D eigenvalue weighted by molar-refractivity contribution is 5.94. The van der Waals surface area contributed by atoms with Gasteiger partial charge in [0.15, 0.2) is 5.60 Å². The molecule has 0 fully saturated rings. The molecule has 5 aromatic rings. The predicted molar refractivity (Wildman–Crippen MR) is 135 cm³/mol. The molecule has 5 rings (SSSR count). The zero-order valence-corrected chi connectivity index (χ0v) is 20.0. The van der Waals surface area contributed by atoms with Gasteiger partial charge in [0.2, 0.25) is 5.88 Å². The van der Waals surface area contributed by atoms with Crippen molar-refractivity contribution in [2.45, 2.75) is 12.5 Å². The Morgan fingerprint density at radius 2 is 1.81 bits per heavy atom. The Bertz CT molecular complexity index is 1640. The van der Waals surface area contributed by atoms with E-state index in [-0.39, 0.29) is 0 Å². The first-order valence-electron chi connectivity index (χ1n) is 11.3. The van der Waals surface area contributed by atoms with E-state index >= 15 is 0 Å². The lowest BCUT2D eigenvalue weighted by Crippen LogP contribution is -2.31. The fourth-order valence-electron chi connectivity index (χ4n) is 4.66. The fourth-order valence-corrected chi connectivity index (χ4v) is 4.66. The third kappa shape index (κ3) is 3.69. The van der Waals surface area contributed by atoms with Crippen LogP contribution in [0.25, 0.3) is 22.0 Å².